The number of hydrogen-bond acceptors (Lipinski definition) is 3. The molecule has 0 saturated heterocycles. The van der Waals surface area contributed by atoms with Gasteiger partial charge in [-0.05, 0) is 13.8 Å². The minimum Gasteiger partial charge on any atom is -0.423 e. The second kappa shape index (κ2) is 3.20. The summed E-state index contributed by atoms with van der Waals surface area (Å²) in [6.07, 6.45) is 0. The van der Waals surface area contributed by atoms with Crippen LogP contribution in [-0.2, 0) is 0 Å². The van der Waals surface area contributed by atoms with Crippen LogP contribution in [0, 0.1) is 19.8 Å². The van der Waals surface area contributed by atoms with Crippen molar-refractivity contribution in [1.29, 1.82) is 0 Å². The molecule has 1 heterocycles. The third-order valence-electron chi connectivity index (χ3n) is 1.66. The minimum atomic E-state index is -1.59. The van der Waals surface area contributed by atoms with E-state index < -0.39 is 13.1 Å². The standard InChI is InChI=1S/C7H9BFNO2/c1-4-3-6(8(11)12)5(2)10-7(4)9/h3,11-12H,1-2H3. The van der Waals surface area contributed by atoms with Crippen molar-refractivity contribution in [2.45, 2.75) is 13.8 Å². The zero-order valence-electron chi connectivity index (χ0n) is 6.87. The Labute approximate surface area is 70.0 Å². The summed E-state index contributed by atoms with van der Waals surface area (Å²) >= 11 is 0. The summed E-state index contributed by atoms with van der Waals surface area (Å²) in [5.74, 6) is -0.572. The SMILES string of the molecule is Cc1cc(B(O)O)c(C)nc1F. The lowest BCUT2D eigenvalue weighted by molar-refractivity contribution is 0.425. The van der Waals surface area contributed by atoms with Gasteiger partial charge in [0.05, 0.1) is 0 Å². The summed E-state index contributed by atoms with van der Waals surface area (Å²) in [5.41, 5.74) is 0.853. The molecular formula is C7H9BFNO2. The summed E-state index contributed by atoms with van der Waals surface area (Å²) in [6, 6.07) is 1.38. The first-order chi connectivity index (χ1) is 5.52. The smallest absolute Gasteiger partial charge is 0.423 e. The molecule has 0 amide bonds. The van der Waals surface area contributed by atoms with Crippen LogP contribution < -0.4 is 5.46 Å². The molecule has 0 aliphatic carbocycles. The Balaban J connectivity index is 3.23. The van der Waals surface area contributed by atoms with E-state index in [-0.39, 0.29) is 5.46 Å². The van der Waals surface area contributed by atoms with Crippen LogP contribution in [0.1, 0.15) is 11.3 Å². The average molecular weight is 169 g/mol. The van der Waals surface area contributed by atoms with Crippen LogP contribution in [0.2, 0.25) is 0 Å². The number of aromatic nitrogens is 1. The molecule has 0 aliphatic heterocycles. The van der Waals surface area contributed by atoms with Crippen molar-refractivity contribution >= 4 is 12.6 Å². The van der Waals surface area contributed by atoms with Gasteiger partial charge in [-0.1, -0.05) is 6.07 Å². The van der Waals surface area contributed by atoms with Gasteiger partial charge in [0.15, 0.2) is 0 Å². The Morgan fingerprint density at radius 2 is 2.00 bits per heavy atom. The highest BCUT2D eigenvalue weighted by Gasteiger charge is 2.16. The summed E-state index contributed by atoms with van der Waals surface area (Å²) in [6.45, 7) is 3.05. The van der Waals surface area contributed by atoms with Crippen molar-refractivity contribution in [3.8, 4) is 0 Å². The predicted octanol–water partition coefficient (Wildman–Crippen LogP) is -0.483. The summed E-state index contributed by atoms with van der Waals surface area (Å²) < 4.78 is 12.7. The van der Waals surface area contributed by atoms with E-state index in [1.165, 1.54) is 19.9 Å². The van der Waals surface area contributed by atoms with E-state index in [0.717, 1.165) is 0 Å². The van der Waals surface area contributed by atoms with Crippen molar-refractivity contribution < 1.29 is 14.4 Å². The molecule has 0 atom stereocenters. The van der Waals surface area contributed by atoms with Crippen molar-refractivity contribution in [2.75, 3.05) is 0 Å². The van der Waals surface area contributed by atoms with Gasteiger partial charge in [0, 0.05) is 16.7 Å². The van der Waals surface area contributed by atoms with Crippen molar-refractivity contribution in [2.24, 2.45) is 0 Å². The van der Waals surface area contributed by atoms with E-state index in [4.69, 9.17) is 10.0 Å². The van der Waals surface area contributed by atoms with Crippen LogP contribution in [0.15, 0.2) is 6.07 Å². The van der Waals surface area contributed by atoms with E-state index in [1.54, 1.807) is 0 Å². The zero-order chi connectivity index (χ0) is 9.30. The molecule has 0 aromatic carbocycles. The predicted molar refractivity (Wildman–Crippen MR) is 43.5 cm³/mol. The van der Waals surface area contributed by atoms with E-state index >= 15 is 0 Å². The Morgan fingerprint density at radius 3 is 2.50 bits per heavy atom. The molecule has 2 N–H and O–H groups in total. The largest absolute Gasteiger partial charge is 0.490 e. The maximum atomic E-state index is 12.7. The van der Waals surface area contributed by atoms with E-state index in [2.05, 4.69) is 4.98 Å². The van der Waals surface area contributed by atoms with Gasteiger partial charge in [0.25, 0.3) is 0 Å². The highest BCUT2D eigenvalue weighted by atomic mass is 19.1. The van der Waals surface area contributed by atoms with Gasteiger partial charge in [-0.25, -0.2) is 4.98 Å². The van der Waals surface area contributed by atoms with Crippen LogP contribution >= 0.6 is 0 Å². The highest BCUT2D eigenvalue weighted by Crippen LogP contribution is 2.01. The third kappa shape index (κ3) is 1.62. The molecule has 0 bridgehead atoms. The van der Waals surface area contributed by atoms with Crippen LogP contribution in [0.25, 0.3) is 0 Å². The normalized spacial score (nSPS) is 10.1. The maximum Gasteiger partial charge on any atom is 0.490 e. The highest BCUT2D eigenvalue weighted by molar-refractivity contribution is 6.59. The molecule has 0 aliphatic rings. The second-order valence-electron chi connectivity index (χ2n) is 2.64. The number of hydrogen-bond donors (Lipinski definition) is 2. The van der Waals surface area contributed by atoms with Crippen molar-refractivity contribution in [1.82, 2.24) is 4.98 Å². The van der Waals surface area contributed by atoms with E-state index in [0.29, 0.717) is 11.3 Å². The molecule has 0 radical (unpaired) electrons. The van der Waals surface area contributed by atoms with E-state index in [9.17, 15) is 4.39 Å². The first-order valence-electron chi connectivity index (χ1n) is 3.52. The number of halogens is 1. The summed E-state index contributed by atoms with van der Waals surface area (Å²) in [7, 11) is -1.59. The van der Waals surface area contributed by atoms with Crippen LogP contribution in [0.5, 0.6) is 0 Å². The van der Waals surface area contributed by atoms with E-state index in [1.807, 2.05) is 0 Å². The first kappa shape index (κ1) is 9.16. The fraction of sp³-hybridized carbons (Fsp3) is 0.286. The Kier molecular flexibility index (Phi) is 2.44. The summed E-state index contributed by atoms with van der Waals surface area (Å²) in [5, 5.41) is 17.6. The first-order valence-corrected chi connectivity index (χ1v) is 3.52. The monoisotopic (exact) mass is 169 g/mol. The molecule has 0 unspecified atom stereocenters. The fourth-order valence-electron chi connectivity index (χ4n) is 0.959. The topological polar surface area (TPSA) is 53.4 Å². The number of aryl methyl sites for hydroxylation is 2. The van der Waals surface area contributed by atoms with Gasteiger partial charge in [0.1, 0.15) is 0 Å². The molecule has 5 heteroatoms. The lowest BCUT2D eigenvalue weighted by Crippen LogP contribution is -2.33. The lowest BCUT2D eigenvalue weighted by atomic mass is 9.78. The molecule has 0 fully saturated rings. The maximum absolute atomic E-state index is 12.7. The Bertz CT molecular complexity index is 304. The van der Waals surface area contributed by atoms with Gasteiger partial charge < -0.3 is 10.0 Å². The Morgan fingerprint density at radius 1 is 1.42 bits per heavy atom. The molecule has 0 saturated carbocycles. The Hall–Kier alpha value is -0.935. The molecule has 3 nitrogen and oxygen atoms in total. The number of rotatable bonds is 1. The molecule has 1 aromatic heterocycles. The van der Waals surface area contributed by atoms with Crippen LogP contribution in [0.3, 0.4) is 0 Å². The van der Waals surface area contributed by atoms with Crippen LogP contribution in [-0.4, -0.2) is 22.2 Å². The fourth-order valence-corrected chi connectivity index (χ4v) is 0.959. The van der Waals surface area contributed by atoms with Crippen molar-refractivity contribution in [3.63, 3.8) is 0 Å². The molecule has 64 valence electrons. The van der Waals surface area contributed by atoms with Gasteiger partial charge in [-0.2, -0.15) is 4.39 Å². The van der Waals surface area contributed by atoms with Gasteiger partial charge >= 0.3 is 7.12 Å². The van der Waals surface area contributed by atoms with Gasteiger partial charge in [-0.3, -0.25) is 0 Å². The third-order valence-corrected chi connectivity index (χ3v) is 1.66. The molecule has 1 aromatic rings. The average Bonchev–Trinajstić information content (AvgIpc) is 1.96. The molecule has 1 rings (SSSR count). The quantitative estimate of drug-likeness (QED) is 0.440. The zero-order valence-corrected chi connectivity index (χ0v) is 6.87. The molecule has 12 heavy (non-hydrogen) atoms. The second-order valence-corrected chi connectivity index (χ2v) is 2.64. The molecular weight excluding hydrogens is 160 g/mol. The van der Waals surface area contributed by atoms with Crippen LogP contribution in [0.4, 0.5) is 4.39 Å². The molecule has 0 spiro atoms. The van der Waals surface area contributed by atoms with Gasteiger partial charge in [0.2, 0.25) is 5.95 Å². The van der Waals surface area contributed by atoms with Crippen molar-refractivity contribution in [3.05, 3.63) is 23.3 Å². The number of pyridine rings is 1. The summed E-state index contributed by atoms with van der Waals surface area (Å²) in [4.78, 5) is 3.51. The minimum absolute atomic E-state index is 0.244. The lowest BCUT2D eigenvalue weighted by Gasteiger charge is -2.04. The number of nitrogens with zero attached hydrogens (tertiary/aromatic N) is 1. The van der Waals surface area contributed by atoms with Gasteiger partial charge in [-0.15, -0.1) is 0 Å².